The lowest BCUT2D eigenvalue weighted by Crippen LogP contribution is -2.19. The highest BCUT2D eigenvalue weighted by Crippen LogP contribution is 2.24. The first-order chi connectivity index (χ1) is 13.8. The minimum absolute atomic E-state index is 0.176. The van der Waals surface area contributed by atoms with E-state index in [0.29, 0.717) is 17.3 Å². The molecule has 2 amide bonds. The molecule has 29 heavy (non-hydrogen) atoms. The number of carbonyl (C=O) groups excluding carboxylic acids is 1. The van der Waals surface area contributed by atoms with Crippen molar-refractivity contribution in [1.82, 2.24) is 19.7 Å². The zero-order valence-electron chi connectivity index (χ0n) is 16.7. The van der Waals surface area contributed by atoms with Gasteiger partial charge in [0.25, 0.3) is 0 Å². The van der Waals surface area contributed by atoms with Gasteiger partial charge in [-0.15, -0.1) is 0 Å². The highest BCUT2D eigenvalue weighted by Gasteiger charge is 2.20. The number of imidazole rings is 1. The van der Waals surface area contributed by atoms with Crippen LogP contribution in [0.1, 0.15) is 32.1 Å². The Labute approximate surface area is 168 Å². The average molecular weight is 390 g/mol. The lowest BCUT2D eigenvalue weighted by Gasteiger charge is -2.12. The third-order valence-electron chi connectivity index (χ3n) is 4.42. The van der Waals surface area contributed by atoms with E-state index in [1.807, 2.05) is 68.8 Å². The second kappa shape index (κ2) is 7.05. The summed E-state index contributed by atoms with van der Waals surface area (Å²) in [5.41, 5.74) is 4.07. The predicted molar refractivity (Wildman–Crippen MR) is 111 cm³/mol. The van der Waals surface area contributed by atoms with Gasteiger partial charge in [-0.25, -0.2) is 14.8 Å². The number of urea groups is 1. The van der Waals surface area contributed by atoms with Crippen LogP contribution >= 0.6 is 0 Å². The summed E-state index contributed by atoms with van der Waals surface area (Å²) in [4.78, 5) is 21.1. The smallest absolute Gasteiger partial charge is 0.324 e. The van der Waals surface area contributed by atoms with E-state index < -0.39 is 6.03 Å². The summed E-state index contributed by atoms with van der Waals surface area (Å²) in [5.74, 6) is 1.07. The number of anilines is 2. The molecule has 0 bridgehead atoms. The molecule has 0 radical (unpaired) electrons. The van der Waals surface area contributed by atoms with Crippen LogP contribution in [0.25, 0.3) is 16.9 Å². The number of aryl methyl sites for hydroxylation is 1. The van der Waals surface area contributed by atoms with Crippen molar-refractivity contribution in [2.24, 2.45) is 0 Å². The van der Waals surface area contributed by atoms with Crippen molar-refractivity contribution >= 4 is 28.7 Å². The van der Waals surface area contributed by atoms with Crippen LogP contribution in [-0.4, -0.2) is 25.7 Å². The summed E-state index contributed by atoms with van der Waals surface area (Å²) in [6.07, 6.45) is 3.55. The first kappa shape index (κ1) is 18.7. The van der Waals surface area contributed by atoms with Crippen LogP contribution < -0.4 is 10.6 Å². The fourth-order valence-electron chi connectivity index (χ4n) is 2.86. The fraction of sp³-hybridized carbons (Fsp3) is 0.238. The summed E-state index contributed by atoms with van der Waals surface area (Å²) < 4.78 is 7.18. The van der Waals surface area contributed by atoms with Gasteiger partial charge in [-0.05, 0) is 42.8 Å². The van der Waals surface area contributed by atoms with Gasteiger partial charge in [0.2, 0.25) is 0 Å². The molecule has 148 valence electrons. The molecule has 4 aromatic rings. The molecule has 1 aromatic carbocycles. The number of nitrogens with one attached hydrogen (secondary N) is 2. The Kier molecular flexibility index (Phi) is 4.54. The number of hydrogen-bond acceptors (Lipinski definition) is 5. The molecule has 0 unspecified atom stereocenters. The van der Waals surface area contributed by atoms with E-state index in [1.165, 1.54) is 0 Å². The van der Waals surface area contributed by atoms with E-state index >= 15 is 0 Å². The van der Waals surface area contributed by atoms with Gasteiger partial charge in [0.1, 0.15) is 17.6 Å². The maximum absolute atomic E-state index is 12.2. The van der Waals surface area contributed by atoms with E-state index in [9.17, 15) is 4.79 Å². The Morgan fingerprint density at radius 2 is 1.83 bits per heavy atom. The van der Waals surface area contributed by atoms with Gasteiger partial charge in [-0.1, -0.05) is 25.9 Å². The van der Waals surface area contributed by atoms with Gasteiger partial charge < -0.3 is 9.84 Å². The number of nitrogens with zero attached hydrogens (tertiary/aromatic N) is 4. The highest BCUT2D eigenvalue weighted by molar-refractivity contribution is 5.99. The minimum Gasteiger partial charge on any atom is -0.359 e. The predicted octanol–water partition coefficient (Wildman–Crippen LogP) is 4.66. The molecule has 0 fully saturated rings. The van der Waals surface area contributed by atoms with Crippen LogP contribution in [0.3, 0.4) is 0 Å². The summed E-state index contributed by atoms with van der Waals surface area (Å²) in [7, 11) is 0. The second-order valence-corrected chi connectivity index (χ2v) is 7.92. The second-order valence-electron chi connectivity index (χ2n) is 7.92. The zero-order valence-corrected chi connectivity index (χ0v) is 16.7. The molecule has 0 atom stereocenters. The molecule has 4 rings (SSSR count). The van der Waals surface area contributed by atoms with Crippen molar-refractivity contribution in [1.29, 1.82) is 0 Å². The molecular formula is C21H22N6O2. The van der Waals surface area contributed by atoms with Crippen LogP contribution in [0.5, 0.6) is 0 Å². The monoisotopic (exact) mass is 390 g/mol. The number of hydrogen-bond donors (Lipinski definition) is 2. The van der Waals surface area contributed by atoms with Gasteiger partial charge in [-0.2, -0.15) is 0 Å². The molecule has 8 nitrogen and oxygen atoms in total. The minimum atomic E-state index is -0.392. The number of carbonyl (C=O) groups is 1. The lowest BCUT2D eigenvalue weighted by atomic mass is 9.93. The molecule has 3 aromatic heterocycles. The third kappa shape index (κ3) is 3.96. The Morgan fingerprint density at radius 3 is 2.52 bits per heavy atom. The number of aromatic nitrogens is 4. The van der Waals surface area contributed by atoms with Crippen molar-refractivity contribution in [2.75, 3.05) is 10.6 Å². The van der Waals surface area contributed by atoms with Gasteiger partial charge >= 0.3 is 6.03 Å². The lowest BCUT2D eigenvalue weighted by molar-refractivity contribution is 0.262. The van der Waals surface area contributed by atoms with E-state index in [0.717, 1.165) is 22.4 Å². The van der Waals surface area contributed by atoms with Crippen molar-refractivity contribution < 1.29 is 9.32 Å². The first-order valence-electron chi connectivity index (χ1n) is 9.25. The van der Waals surface area contributed by atoms with E-state index in [1.54, 1.807) is 12.4 Å². The molecule has 0 aliphatic carbocycles. The molecule has 0 saturated heterocycles. The molecule has 0 spiro atoms. The van der Waals surface area contributed by atoms with Crippen LogP contribution in [0.15, 0.2) is 53.4 Å². The van der Waals surface area contributed by atoms with Gasteiger partial charge in [0.05, 0.1) is 0 Å². The molecule has 3 heterocycles. The molecule has 0 aliphatic heterocycles. The van der Waals surface area contributed by atoms with Gasteiger partial charge in [0, 0.05) is 29.1 Å². The van der Waals surface area contributed by atoms with Crippen molar-refractivity contribution in [2.45, 2.75) is 33.1 Å². The molecular weight excluding hydrogens is 368 g/mol. The molecule has 2 N–H and O–H groups in total. The Hall–Kier alpha value is -3.68. The van der Waals surface area contributed by atoms with Crippen molar-refractivity contribution in [3.8, 4) is 5.69 Å². The van der Waals surface area contributed by atoms with Crippen LogP contribution in [0.2, 0.25) is 0 Å². The average Bonchev–Trinajstić information content (AvgIpc) is 3.29. The first-order valence-corrected chi connectivity index (χ1v) is 9.25. The molecule has 8 heteroatoms. The van der Waals surface area contributed by atoms with Gasteiger partial charge in [0.15, 0.2) is 11.5 Å². The zero-order chi connectivity index (χ0) is 20.6. The maximum Gasteiger partial charge on any atom is 0.324 e. The number of amides is 2. The summed E-state index contributed by atoms with van der Waals surface area (Å²) in [6, 6.07) is 10.8. The Bertz CT molecular complexity index is 1170. The summed E-state index contributed by atoms with van der Waals surface area (Å²) in [5, 5.41) is 9.34. The summed E-state index contributed by atoms with van der Waals surface area (Å²) >= 11 is 0. The standard InChI is InChI=1S/C21H22N6O2/c1-13-9-16-19(22-11-13)27(12-23-16)15-7-5-14(6-8-15)24-20(28)25-18-10-17(29-26-18)21(2,3)4/h5-12H,1-4H3,(H2,24,25,26,28). The van der Waals surface area contributed by atoms with Crippen LogP contribution in [0, 0.1) is 6.92 Å². The van der Waals surface area contributed by atoms with E-state index in [-0.39, 0.29) is 5.41 Å². The third-order valence-corrected chi connectivity index (χ3v) is 4.42. The normalized spacial score (nSPS) is 11.6. The molecule has 0 aliphatic rings. The number of rotatable bonds is 3. The Balaban J connectivity index is 1.45. The SMILES string of the molecule is Cc1cnc2c(c1)ncn2-c1ccc(NC(=O)Nc2cc(C(C)(C)C)on2)cc1. The largest absolute Gasteiger partial charge is 0.359 e. The molecule has 0 saturated carbocycles. The Morgan fingerprint density at radius 1 is 1.07 bits per heavy atom. The topological polar surface area (TPSA) is 97.9 Å². The van der Waals surface area contributed by atoms with E-state index in [2.05, 4.69) is 25.8 Å². The van der Waals surface area contributed by atoms with Crippen molar-refractivity contribution in [3.63, 3.8) is 0 Å². The van der Waals surface area contributed by atoms with Crippen molar-refractivity contribution in [3.05, 3.63) is 60.2 Å². The maximum atomic E-state index is 12.2. The summed E-state index contributed by atoms with van der Waals surface area (Å²) in [6.45, 7) is 8.02. The van der Waals surface area contributed by atoms with Crippen LogP contribution in [0.4, 0.5) is 16.3 Å². The highest BCUT2D eigenvalue weighted by atomic mass is 16.5. The van der Waals surface area contributed by atoms with Crippen LogP contribution in [-0.2, 0) is 5.41 Å². The number of pyridine rings is 1. The number of fused-ring (bicyclic) bond motifs is 1. The van der Waals surface area contributed by atoms with E-state index in [4.69, 9.17) is 4.52 Å². The number of benzene rings is 1. The quantitative estimate of drug-likeness (QED) is 0.530. The van der Waals surface area contributed by atoms with Gasteiger partial charge in [-0.3, -0.25) is 9.88 Å². The fourth-order valence-corrected chi connectivity index (χ4v) is 2.86.